The quantitative estimate of drug-likeness (QED) is 0.312. The van der Waals surface area contributed by atoms with Gasteiger partial charge in [-0.05, 0) is 49.1 Å². The van der Waals surface area contributed by atoms with Crippen LogP contribution in [0.15, 0.2) is 24.0 Å². The molecular formula is C18H30B2O4P2. The zero-order chi connectivity index (χ0) is 19.9. The van der Waals surface area contributed by atoms with Gasteiger partial charge in [-0.3, -0.25) is 4.79 Å². The van der Waals surface area contributed by atoms with Crippen molar-refractivity contribution in [1.82, 2.24) is 0 Å². The molecular weight excluding hydrogens is 364 g/mol. The van der Waals surface area contributed by atoms with Crippen molar-refractivity contribution in [1.29, 1.82) is 0 Å². The molecule has 26 heavy (non-hydrogen) atoms. The van der Waals surface area contributed by atoms with E-state index in [9.17, 15) is 4.79 Å². The summed E-state index contributed by atoms with van der Waals surface area (Å²) in [6, 6.07) is 0. The van der Waals surface area contributed by atoms with Crippen molar-refractivity contribution in [3.05, 3.63) is 24.0 Å². The zero-order valence-electron chi connectivity index (χ0n) is 16.8. The molecule has 1 aliphatic heterocycles. The maximum atomic E-state index is 12.2. The van der Waals surface area contributed by atoms with E-state index in [2.05, 4.69) is 13.8 Å². The van der Waals surface area contributed by atoms with E-state index in [0.717, 1.165) is 0 Å². The van der Waals surface area contributed by atoms with Crippen LogP contribution in [0.2, 0.25) is 0 Å². The van der Waals surface area contributed by atoms with Crippen LogP contribution in [0, 0.1) is 11.3 Å². The molecule has 0 saturated carbocycles. The molecule has 0 spiro atoms. The van der Waals surface area contributed by atoms with Crippen molar-refractivity contribution in [2.24, 2.45) is 11.3 Å². The summed E-state index contributed by atoms with van der Waals surface area (Å²) < 4.78 is 17.4. The van der Waals surface area contributed by atoms with Crippen molar-refractivity contribution in [3.63, 3.8) is 0 Å². The first-order valence-corrected chi connectivity index (χ1v) is 12.4. The number of carbonyl (C=O) groups excluding carboxylic acids is 1. The van der Waals surface area contributed by atoms with E-state index in [1.54, 1.807) is 6.08 Å². The summed E-state index contributed by atoms with van der Waals surface area (Å²) in [4.78, 5) is 12.2. The Morgan fingerprint density at radius 3 is 2.54 bits per heavy atom. The van der Waals surface area contributed by atoms with Crippen LogP contribution in [0.1, 0.15) is 40.5 Å². The molecule has 4 nitrogen and oxygen atoms in total. The first kappa shape index (κ1) is 23.9. The number of hydrogen-bond donors (Lipinski definition) is 0. The Hall–Kier alpha value is -0.140. The van der Waals surface area contributed by atoms with Crippen molar-refractivity contribution >= 4 is 37.0 Å². The van der Waals surface area contributed by atoms with Gasteiger partial charge < -0.3 is 13.8 Å². The molecule has 3 unspecified atom stereocenters. The van der Waals surface area contributed by atoms with E-state index >= 15 is 0 Å². The minimum Gasteiger partial charge on any atom is -0.493 e. The molecule has 1 heterocycles. The van der Waals surface area contributed by atoms with E-state index < -0.39 is 21.5 Å². The largest absolute Gasteiger partial charge is 0.493 e. The van der Waals surface area contributed by atoms with Crippen LogP contribution < -0.4 is 0 Å². The lowest BCUT2D eigenvalue weighted by Crippen LogP contribution is -2.32. The van der Waals surface area contributed by atoms with Gasteiger partial charge in [-0.2, -0.15) is 0 Å². The summed E-state index contributed by atoms with van der Waals surface area (Å²) in [7, 11) is 9.66. The van der Waals surface area contributed by atoms with Gasteiger partial charge in [-0.1, -0.05) is 26.0 Å². The van der Waals surface area contributed by atoms with Crippen LogP contribution in [-0.4, -0.2) is 53.1 Å². The van der Waals surface area contributed by atoms with Crippen molar-refractivity contribution in [2.45, 2.75) is 52.7 Å². The molecule has 0 aromatic rings. The predicted octanol–water partition coefficient (Wildman–Crippen LogP) is 4.48. The Morgan fingerprint density at radius 2 is 2.00 bits per heavy atom. The number of carbonyl (C=O) groups is 1. The van der Waals surface area contributed by atoms with Gasteiger partial charge in [0, 0.05) is 24.3 Å². The Labute approximate surface area is 163 Å². The zero-order valence-corrected chi connectivity index (χ0v) is 18.6. The lowest BCUT2D eigenvalue weighted by atomic mass is 9.87. The third-order valence-electron chi connectivity index (χ3n) is 4.10. The third-order valence-corrected chi connectivity index (χ3v) is 5.26. The van der Waals surface area contributed by atoms with Gasteiger partial charge in [0.25, 0.3) is 0 Å². The molecule has 0 aliphatic carbocycles. The number of allylic oxidation sites excluding steroid dienone is 2. The molecule has 1 rings (SSSR count). The molecule has 1 aliphatic rings. The fourth-order valence-electron chi connectivity index (χ4n) is 2.65. The van der Waals surface area contributed by atoms with E-state index in [1.165, 1.54) is 0 Å². The van der Waals surface area contributed by atoms with E-state index in [0.29, 0.717) is 31.1 Å². The summed E-state index contributed by atoms with van der Waals surface area (Å²) in [6.07, 6.45) is 6.34. The second-order valence-electron chi connectivity index (χ2n) is 7.55. The highest BCUT2D eigenvalue weighted by Gasteiger charge is 2.32. The molecule has 8 heteroatoms. The Balaban J connectivity index is 2.77. The number of rotatable bonds is 10. The standard InChI is InChI=1S/C18H30B2O4P2/c1-13(2)16(24-26(6)20)12-15-10-14(21)11-17(23-15)18(3,4)8-7-9-22-25(5)19/h7-8,11,13,15-16H,9-10,12H2,1-6H3/b8-7+/t15?,16-,25?,26?/m1/s1. The van der Waals surface area contributed by atoms with Crippen LogP contribution in [-0.2, 0) is 18.6 Å². The Morgan fingerprint density at radius 1 is 1.35 bits per heavy atom. The van der Waals surface area contributed by atoms with Gasteiger partial charge in [0.15, 0.2) is 5.78 Å². The second kappa shape index (κ2) is 11.0. The smallest absolute Gasteiger partial charge is 0.162 e. The molecule has 4 radical (unpaired) electrons. The summed E-state index contributed by atoms with van der Waals surface area (Å²) in [5.74, 6) is 1.07. The summed E-state index contributed by atoms with van der Waals surface area (Å²) >= 11 is 0. The topological polar surface area (TPSA) is 44.8 Å². The first-order chi connectivity index (χ1) is 12.0. The molecule has 0 aromatic heterocycles. The summed E-state index contributed by atoms with van der Waals surface area (Å²) in [6.45, 7) is 12.4. The van der Waals surface area contributed by atoms with Crippen molar-refractivity contribution in [3.8, 4) is 0 Å². The van der Waals surface area contributed by atoms with Crippen molar-refractivity contribution in [2.75, 3.05) is 19.9 Å². The second-order valence-corrected chi connectivity index (χ2v) is 10.2. The van der Waals surface area contributed by atoms with Crippen LogP contribution in [0.3, 0.4) is 0 Å². The van der Waals surface area contributed by atoms with E-state index in [1.807, 2.05) is 39.3 Å². The van der Waals surface area contributed by atoms with Crippen LogP contribution in [0.25, 0.3) is 0 Å². The number of ether oxygens (including phenoxy) is 1. The molecule has 0 bridgehead atoms. The summed E-state index contributed by atoms with van der Waals surface area (Å²) in [5, 5.41) is 0. The SMILES string of the molecule is [B]P(C)OC/C=C/C(C)(C)C1=CC(=O)CC(C[C@@H](OP([B])C)C(C)C)O1. The highest BCUT2D eigenvalue weighted by Crippen LogP contribution is 2.37. The van der Waals surface area contributed by atoms with E-state index in [-0.39, 0.29) is 18.0 Å². The normalized spacial score (nSPS) is 22.2. The van der Waals surface area contributed by atoms with Gasteiger partial charge >= 0.3 is 0 Å². The molecule has 0 N–H and O–H groups in total. The minimum atomic E-state index is -0.948. The number of ketones is 1. The molecule has 0 saturated heterocycles. The van der Waals surface area contributed by atoms with Crippen LogP contribution >= 0.6 is 16.1 Å². The Bertz CT molecular complexity index is 519. The number of hydrogen-bond acceptors (Lipinski definition) is 4. The molecule has 4 atom stereocenters. The Kier molecular flexibility index (Phi) is 10.1. The van der Waals surface area contributed by atoms with Gasteiger partial charge in [-0.15, -0.1) is 0 Å². The molecule has 142 valence electrons. The average Bonchev–Trinajstić information content (AvgIpc) is 2.49. The summed E-state index contributed by atoms with van der Waals surface area (Å²) in [5.41, 5.74) is -0.401. The van der Waals surface area contributed by atoms with Gasteiger partial charge in [-0.25, -0.2) is 0 Å². The van der Waals surface area contributed by atoms with Gasteiger partial charge in [0.1, 0.15) is 27.0 Å². The highest BCUT2D eigenvalue weighted by molar-refractivity contribution is 7.77. The van der Waals surface area contributed by atoms with E-state index in [4.69, 9.17) is 28.9 Å². The van der Waals surface area contributed by atoms with Crippen LogP contribution in [0.5, 0.6) is 0 Å². The van der Waals surface area contributed by atoms with Crippen LogP contribution in [0.4, 0.5) is 0 Å². The fourth-order valence-corrected chi connectivity index (χ4v) is 3.73. The minimum absolute atomic E-state index is 0.0197. The maximum Gasteiger partial charge on any atom is 0.162 e. The molecule has 0 fully saturated rings. The van der Waals surface area contributed by atoms with Gasteiger partial charge in [0.2, 0.25) is 0 Å². The fraction of sp³-hybridized carbons (Fsp3) is 0.722. The average molecular weight is 394 g/mol. The van der Waals surface area contributed by atoms with Crippen molar-refractivity contribution < 1.29 is 18.6 Å². The first-order valence-electron chi connectivity index (χ1n) is 8.87. The lowest BCUT2D eigenvalue weighted by molar-refractivity contribution is -0.119. The monoisotopic (exact) mass is 394 g/mol. The lowest BCUT2D eigenvalue weighted by Gasteiger charge is -2.34. The third kappa shape index (κ3) is 8.70. The predicted molar refractivity (Wildman–Crippen MR) is 113 cm³/mol. The van der Waals surface area contributed by atoms with Gasteiger partial charge in [0.05, 0.1) is 12.7 Å². The highest BCUT2D eigenvalue weighted by atomic mass is 31.1. The maximum absolute atomic E-state index is 12.2. The molecule has 0 aromatic carbocycles. The molecule has 0 amide bonds.